The second-order valence-electron chi connectivity index (χ2n) is 5.62. The molecule has 0 aliphatic carbocycles. The summed E-state index contributed by atoms with van der Waals surface area (Å²) in [7, 11) is 1.34. The third-order valence-electron chi connectivity index (χ3n) is 3.49. The molecule has 0 saturated heterocycles. The van der Waals surface area contributed by atoms with Crippen molar-refractivity contribution in [2.45, 2.75) is 37.8 Å². The number of methoxy groups -OCH3 is 1. The van der Waals surface area contributed by atoms with Gasteiger partial charge in [0.2, 0.25) is 0 Å². The topological polar surface area (TPSA) is 55.4 Å². The van der Waals surface area contributed by atoms with E-state index in [0.717, 1.165) is 15.3 Å². The summed E-state index contributed by atoms with van der Waals surface area (Å²) in [5.74, 6) is -0.668. The van der Waals surface area contributed by atoms with Crippen molar-refractivity contribution in [1.82, 2.24) is 0 Å². The maximum Gasteiger partial charge on any atom is 0.341 e. The average molecular weight is 364 g/mol. The van der Waals surface area contributed by atoms with Crippen LogP contribution >= 0.6 is 23.1 Å². The lowest BCUT2D eigenvalue weighted by molar-refractivity contribution is 0.0601. The second-order valence-corrected chi connectivity index (χ2v) is 8.50. The number of benzene rings is 1. The molecule has 0 aliphatic rings. The zero-order valence-corrected chi connectivity index (χ0v) is 16.1. The van der Waals surface area contributed by atoms with E-state index in [1.54, 1.807) is 23.9 Å². The molecule has 1 amide bonds. The van der Waals surface area contributed by atoms with Crippen molar-refractivity contribution in [1.29, 1.82) is 0 Å². The first kappa shape index (κ1) is 18.5. The molecule has 0 bridgehead atoms. The fourth-order valence-electron chi connectivity index (χ4n) is 2.20. The summed E-state index contributed by atoms with van der Waals surface area (Å²) in [6, 6.07) is 7.47. The van der Waals surface area contributed by atoms with Gasteiger partial charge in [0.05, 0.1) is 12.7 Å². The molecule has 0 spiro atoms. The molecular weight excluding hydrogens is 342 g/mol. The van der Waals surface area contributed by atoms with Gasteiger partial charge in [-0.3, -0.25) is 4.79 Å². The molecule has 128 valence electrons. The van der Waals surface area contributed by atoms with Crippen molar-refractivity contribution < 1.29 is 14.3 Å². The Hall–Kier alpha value is -1.79. The minimum absolute atomic E-state index is 0.234. The van der Waals surface area contributed by atoms with E-state index < -0.39 is 5.97 Å². The molecular formula is C18H21NO3S2. The van der Waals surface area contributed by atoms with Crippen molar-refractivity contribution in [3.63, 3.8) is 0 Å². The Bertz CT molecular complexity index is 748. The van der Waals surface area contributed by atoms with E-state index >= 15 is 0 Å². The van der Waals surface area contributed by atoms with E-state index in [1.807, 2.05) is 26.0 Å². The number of esters is 1. The van der Waals surface area contributed by atoms with Crippen LogP contribution in [0.25, 0.3) is 0 Å². The van der Waals surface area contributed by atoms with Crippen molar-refractivity contribution in [2.24, 2.45) is 0 Å². The largest absolute Gasteiger partial charge is 0.465 e. The molecule has 0 unspecified atom stereocenters. The lowest BCUT2D eigenvalue weighted by Crippen LogP contribution is -2.14. The van der Waals surface area contributed by atoms with E-state index in [9.17, 15) is 9.59 Å². The number of rotatable bonds is 5. The molecule has 0 fully saturated rings. The van der Waals surface area contributed by atoms with E-state index in [1.165, 1.54) is 18.4 Å². The minimum Gasteiger partial charge on any atom is -0.465 e. The average Bonchev–Trinajstić information content (AvgIpc) is 2.81. The lowest BCUT2D eigenvalue weighted by atomic mass is 10.1. The maximum atomic E-state index is 12.5. The van der Waals surface area contributed by atoms with E-state index in [4.69, 9.17) is 4.74 Å². The summed E-state index contributed by atoms with van der Waals surface area (Å²) in [6.07, 6.45) is 0. The molecule has 4 nitrogen and oxygen atoms in total. The summed E-state index contributed by atoms with van der Waals surface area (Å²) >= 11 is 3.13. The number of ether oxygens (including phenoxy) is 1. The van der Waals surface area contributed by atoms with Gasteiger partial charge < -0.3 is 10.1 Å². The summed E-state index contributed by atoms with van der Waals surface area (Å²) in [4.78, 5) is 26.5. The van der Waals surface area contributed by atoms with Gasteiger partial charge in [0.15, 0.2) is 0 Å². The summed E-state index contributed by atoms with van der Waals surface area (Å²) < 4.78 is 4.82. The van der Waals surface area contributed by atoms with E-state index in [0.29, 0.717) is 21.4 Å². The summed E-state index contributed by atoms with van der Waals surface area (Å²) in [5, 5.41) is 3.86. The van der Waals surface area contributed by atoms with Crippen LogP contribution in [0, 0.1) is 13.8 Å². The van der Waals surface area contributed by atoms with Crippen LogP contribution in [-0.4, -0.2) is 24.2 Å². The number of nitrogens with one attached hydrogen (secondary N) is 1. The Morgan fingerprint density at radius 1 is 1.17 bits per heavy atom. The highest BCUT2D eigenvalue weighted by Crippen LogP contribution is 2.33. The smallest absolute Gasteiger partial charge is 0.341 e. The fraction of sp³-hybridized carbons (Fsp3) is 0.333. The number of hydrogen-bond acceptors (Lipinski definition) is 5. The molecule has 1 heterocycles. The number of carbonyl (C=O) groups excluding carboxylic acids is 2. The Balaban J connectivity index is 2.21. The van der Waals surface area contributed by atoms with Gasteiger partial charge >= 0.3 is 5.97 Å². The fourth-order valence-corrected chi connectivity index (χ4v) is 4.08. The second kappa shape index (κ2) is 7.85. The summed E-state index contributed by atoms with van der Waals surface area (Å²) in [6.45, 7) is 8.02. The van der Waals surface area contributed by atoms with Crippen LogP contribution < -0.4 is 5.32 Å². The van der Waals surface area contributed by atoms with Crippen LogP contribution in [0.4, 0.5) is 5.00 Å². The highest BCUT2D eigenvalue weighted by atomic mass is 32.2. The zero-order chi connectivity index (χ0) is 17.9. The number of carbonyl (C=O) groups is 2. The van der Waals surface area contributed by atoms with Gasteiger partial charge in [-0.25, -0.2) is 4.79 Å². The quantitative estimate of drug-likeness (QED) is 0.606. The van der Waals surface area contributed by atoms with Crippen LogP contribution in [0.3, 0.4) is 0 Å². The molecule has 24 heavy (non-hydrogen) atoms. The first-order chi connectivity index (χ1) is 11.3. The number of aryl methyl sites for hydroxylation is 1. The highest BCUT2D eigenvalue weighted by Gasteiger charge is 2.21. The normalized spacial score (nSPS) is 10.8. The molecule has 2 aromatic rings. The Labute approximate surface area is 150 Å². The Kier molecular flexibility index (Phi) is 6.07. The molecule has 0 radical (unpaired) electrons. The summed E-state index contributed by atoms with van der Waals surface area (Å²) in [5.41, 5.74) is 1.83. The van der Waals surface area contributed by atoms with E-state index in [-0.39, 0.29) is 5.91 Å². The predicted molar refractivity (Wildman–Crippen MR) is 101 cm³/mol. The predicted octanol–water partition coefficient (Wildman–Crippen LogP) is 4.90. The number of amides is 1. The zero-order valence-electron chi connectivity index (χ0n) is 14.4. The molecule has 1 aromatic carbocycles. The van der Waals surface area contributed by atoms with Crippen molar-refractivity contribution in [3.8, 4) is 0 Å². The number of thiophene rings is 1. The molecule has 2 rings (SSSR count). The maximum absolute atomic E-state index is 12.5. The van der Waals surface area contributed by atoms with Gasteiger partial charge in [-0.2, -0.15) is 0 Å². The van der Waals surface area contributed by atoms with Gasteiger partial charge in [0, 0.05) is 20.6 Å². The lowest BCUT2D eigenvalue weighted by Gasteiger charge is -2.08. The molecule has 0 atom stereocenters. The van der Waals surface area contributed by atoms with Gasteiger partial charge in [0.25, 0.3) is 5.91 Å². The van der Waals surface area contributed by atoms with Crippen LogP contribution in [0.5, 0.6) is 0 Å². The number of thioether (sulfide) groups is 1. The Morgan fingerprint density at radius 3 is 2.33 bits per heavy atom. The standard InChI is InChI=1S/C18H21NO3S2/c1-10(2)23-14-8-6-13(7-9-14)16(20)19-17-15(18(21)22-5)11(3)12(4)24-17/h6-10H,1-5H3,(H,19,20). The van der Waals surface area contributed by atoms with Gasteiger partial charge in [-0.1, -0.05) is 13.8 Å². The Morgan fingerprint density at radius 2 is 1.79 bits per heavy atom. The van der Waals surface area contributed by atoms with E-state index in [2.05, 4.69) is 19.2 Å². The van der Waals surface area contributed by atoms with Gasteiger partial charge in [-0.05, 0) is 43.7 Å². The molecule has 0 aliphatic heterocycles. The minimum atomic E-state index is -0.434. The first-order valence-corrected chi connectivity index (χ1v) is 9.29. The SMILES string of the molecule is COC(=O)c1c(NC(=O)c2ccc(SC(C)C)cc2)sc(C)c1C. The van der Waals surface area contributed by atoms with Gasteiger partial charge in [-0.15, -0.1) is 23.1 Å². The third-order valence-corrected chi connectivity index (χ3v) is 5.63. The van der Waals surface area contributed by atoms with Crippen molar-refractivity contribution >= 4 is 40.0 Å². The molecule has 6 heteroatoms. The molecule has 1 N–H and O–H groups in total. The van der Waals surface area contributed by atoms with Crippen LogP contribution in [0.15, 0.2) is 29.2 Å². The van der Waals surface area contributed by atoms with Crippen molar-refractivity contribution in [3.05, 3.63) is 45.8 Å². The highest BCUT2D eigenvalue weighted by molar-refractivity contribution is 7.99. The molecule has 1 aromatic heterocycles. The molecule has 0 saturated carbocycles. The number of hydrogen-bond donors (Lipinski definition) is 1. The number of anilines is 1. The first-order valence-electron chi connectivity index (χ1n) is 7.59. The third kappa shape index (κ3) is 4.19. The van der Waals surface area contributed by atoms with Crippen LogP contribution in [0.2, 0.25) is 0 Å². The van der Waals surface area contributed by atoms with Crippen LogP contribution in [0.1, 0.15) is 45.0 Å². The monoisotopic (exact) mass is 363 g/mol. The van der Waals surface area contributed by atoms with Gasteiger partial charge in [0.1, 0.15) is 5.00 Å². The van der Waals surface area contributed by atoms with Crippen LogP contribution in [-0.2, 0) is 4.74 Å². The van der Waals surface area contributed by atoms with Crippen molar-refractivity contribution in [2.75, 3.05) is 12.4 Å².